The third-order valence-electron chi connectivity index (χ3n) is 13.0. The summed E-state index contributed by atoms with van der Waals surface area (Å²) in [5.41, 5.74) is 8.94. The fourth-order valence-corrected chi connectivity index (χ4v) is 9.25. The van der Waals surface area contributed by atoms with Gasteiger partial charge in [-0.2, -0.15) is 0 Å². The van der Waals surface area contributed by atoms with E-state index in [-0.39, 0.29) is 0 Å². The maximum Gasteiger partial charge on any atom is 0.187 e. The molecule has 17 N–H and O–H groups in total. The molecule has 0 spiro atoms. The van der Waals surface area contributed by atoms with E-state index in [9.17, 15) is 86.8 Å². The Morgan fingerprint density at radius 3 is 0.757 bits per heavy atom. The van der Waals surface area contributed by atoms with Gasteiger partial charge in [0.2, 0.25) is 0 Å². The van der Waals surface area contributed by atoms with Crippen LogP contribution >= 0.6 is 0 Å². The summed E-state index contributed by atoms with van der Waals surface area (Å²) in [7, 11) is 0. The first-order chi connectivity index (χ1) is 33.5. The van der Waals surface area contributed by atoms with Crippen LogP contribution in [0.1, 0.15) is 0 Å². The Morgan fingerprint density at radius 2 is 0.529 bits per heavy atom. The molecule has 0 aliphatic carbocycles. The fourth-order valence-electron chi connectivity index (χ4n) is 9.25. The van der Waals surface area contributed by atoms with Gasteiger partial charge in [-0.3, -0.25) is 0 Å². The van der Waals surface area contributed by atoms with Crippen molar-refractivity contribution in [3.63, 3.8) is 0 Å². The summed E-state index contributed by atoms with van der Waals surface area (Å²) in [5, 5.41) is 190. The summed E-state index contributed by atoms with van der Waals surface area (Å²) < 4.78 is 74.3. The van der Waals surface area contributed by atoms with Crippen molar-refractivity contribution in [1.82, 2.24) is 0 Å². The molecule has 0 radical (unpaired) electrons. The Balaban J connectivity index is 1.22. The Morgan fingerprint density at radius 1 is 0.314 bits per heavy atom. The van der Waals surface area contributed by atoms with Crippen LogP contribution < -0.4 is 0 Å². The van der Waals surface area contributed by atoms with Crippen LogP contribution in [0, 0.1) is 0 Å². The van der Waals surface area contributed by atoms with E-state index in [1.54, 1.807) is 0 Å². The second-order valence-electron chi connectivity index (χ2n) is 17.3. The van der Waals surface area contributed by atoms with E-state index in [1.807, 2.05) is 0 Å². The van der Waals surface area contributed by atoms with Gasteiger partial charge in [0.1, 0.15) is 153 Å². The smallest absolute Gasteiger partial charge is 0.187 e. The lowest BCUT2D eigenvalue weighted by molar-refractivity contribution is -0.404. The molecule has 22 saturated heterocycles. The van der Waals surface area contributed by atoms with Crippen LogP contribution in [0.2, 0.25) is 0 Å². The summed E-state index contributed by atoms with van der Waals surface area (Å²) >= 11 is 0. The Hall–Kier alpha value is -1.89. The largest absolute Gasteiger partial charge is 0.394 e. The first kappa shape index (κ1) is 55.9. The van der Waals surface area contributed by atoms with Gasteiger partial charge in [0, 0.05) is 4.91 Å². The highest BCUT2D eigenvalue weighted by atomic mass is 16.8. The molecule has 33 heteroatoms. The third kappa shape index (κ3) is 11.1. The number of hydrogen-bond acceptors (Lipinski definition) is 31. The van der Waals surface area contributed by atoms with Crippen molar-refractivity contribution in [3.8, 4) is 0 Å². The van der Waals surface area contributed by atoms with E-state index >= 15 is 0 Å². The quantitative estimate of drug-likeness (QED) is 0.0579. The predicted octanol–water partition coefficient (Wildman–Crippen LogP) is -11.8. The van der Waals surface area contributed by atoms with Gasteiger partial charge in [0.15, 0.2) is 37.7 Å². The fraction of sp³-hybridized carbons (Fsp3) is 1.00. The minimum absolute atomic E-state index is 0.829. The molecule has 22 fully saturated rings. The number of aliphatic hydroxyl groups excluding tert-OH is 17. The van der Waals surface area contributed by atoms with Gasteiger partial charge in [-0.1, -0.05) is 5.11 Å². The van der Waals surface area contributed by atoms with Crippen molar-refractivity contribution in [2.75, 3.05) is 46.4 Å². The van der Waals surface area contributed by atoms with Gasteiger partial charge < -0.3 is 148 Å². The molecule has 0 amide bonds. The lowest BCUT2D eigenvalue weighted by Crippen LogP contribution is -2.69. The minimum atomic E-state index is -2.18. The highest BCUT2D eigenvalue weighted by molar-refractivity contribution is 5.01. The normalized spacial score (nSPS) is 52.7. The van der Waals surface area contributed by atoms with Crippen molar-refractivity contribution >= 4 is 0 Å². The Bertz CT molecular complexity index is 1680. The summed E-state index contributed by atoms with van der Waals surface area (Å²) in [4.78, 5) is 2.57. The minimum Gasteiger partial charge on any atom is -0.394 e. The van der Waals surface area contributed by atoms with Gasteiger partial charge in [0.05, 0.1) is 39.6 Å². The van der Waals surface area contributed by atoms with E-state index in [4.69, 9.17) is 67.1 Å². The van der Waals surface area contributed by atoms with Crippen molar-refractivity contribution in [1.29, 1.82) is 0 Å². The van der Waals surface area contributed by atoms with E-state index in [0.29, 0.717) is 0 Å². The standard InChI is InChI=1S/C37H61N3O30/c38-40-39-7-58-31-24(57)37-64-13(6-46)30(31)70-36-23(56)18(51)28(11(4-44)63-36)68-34-21(54)16(49)26(9(2-42)61-34)66-32-19(52)14(47)25(8(1-41)59-32)65-33-20(53)15(48)27(10(3-43)60-33)67-35-22(55)17(50)29(69-37)12(5-45)62-35/h8-37,41-57H,1-7H2/t8-,9-,10-,11-,12-,13-,14-,15-,16-,17-,18-,19-,20-,21-,22-,23-,24-,25-,26-,27-,28-,29-,30+,31-,32-,33-,34-,35-,36-,37-/m1/s1. The number of nitrogens with zero attached hydrogens (tertiary/aromatic N) is 3. The Labute approximate surface area is 394 Å². The van der Waals surface area contributed by atoms with Crippen LogP contribution in [0.3, 0.4) is 0 Å². The van der Waals surface area contributed by atoms with Crippen molar-refractivity contribution in [2.24, 2.45) is 5.11 Å². The monoisotopic (exact) mass is 1030 g/mol. The summed E-state index contributed by atoms with van der Waals surface area (Å²) in [6, 6.07) is 0. The van der Waals surface area contributed by atoms with Crippen LogP contribution in [-0.4, -0.2) is 317 Å². The average Bonchev–Trinajstić information content (AvgIpc) is 3.35. The average molecular weight is 1030 g/mol. The first-order valence-electron chi connectivity index (χ1n) is 22.1. The maximum absolute atomic E-state index is 11.6. The number of azide groups is 1. The first-order valence-corrected chi connectivity index (χ1v) is 22.1. The van der Waals surface area contributed by atoms with Crippen molar-refractivity contribution in [2.45, 2.75) is 184 Å². The van der Waals surface area contributed by atoms with Crippen LogP contribution in [0.15, 0.2) is 5.11 Å². The molecular weight excluding hydrogens is 966 g/mol. The van der Waals surface area contributed by atoms with Gasteiger partial charge in [-0.25, -0.2) is 0 Å². The molecule has 0 aromatic rings. The lowest BCUT2D eigenvalue weighted by atomic mass is 9.94. The van der Waals surface area contributed by atoms with Crippen LogP contribution in [0.5, 0.6) is 0 Å². The van der Waals surface area contributed by atoms with Gasteiger partial charge in [-0.15, -0.1) is 0 Å². The van der Waals surface area contributed by atoms with Crippen LogP contribution in [0.25, 0.3) is 10.4 Å². The molecule has 0 saturated carbocycles. The van der Waals surface area contributed by atoms with Gasteiger partial charge in [0.25, 0.3) is 0 Å². The molecule has 12 bridgehead atoms. The summed E-state index contributed by atoms with van der Waals surface area (Å²) in [6.45, 7) is -6.91. The van der Waals surface area contributed by atoms with E-state index in [0.717, 1.165) is 0 Å². The second-order valence-corrected chi connectivity index (χ2v) is 17.3. The zero-order valence-electron chi connectivity index (χ0n) is 36.5. The Kier molecular flexibility index (Phi) is 19.3. The number of hydrogen-bond donors (Lipinski definition) is 17. The van der Waals surface area contributed by atoms with Gasteiger partial charge in [-0.05, 0) is 5.53 Å². The highest BCUT2D eigenvalue weighted by Gasteiger charge is 2.59. The van der Waals surface area contributed by atoms with E-state index < -0.39 is 231 Å². The van der Waals surface area contributed by atoms with E-state index in [2.05, 4.69) is 10.0 Å². The molecule has 22 heterocycles. The molecule has 22 aliphatic rings. The zero-order valence-corrected chi connectivity index (χ0v) is 36.5. The number of aliphatic hydroxyl groups is 17. The number of ether oxygens (including phenoxy) is 13. The molecule has 33 nitrogen and oxygen atoms in total. The molecule has 404 valence electrons. The topological polar surface area (TPSA) is 513 Å². The van der Waals surface area contributed by atoms with Crippen molar-refractivity contribution < 1.29 is 148 Å². The predicted molar refractivity (Wildman–Crippen MR) is 209 cm³/mol. The molecule has 30 atom stereocenters. The maximum atomic E-state index is 11.6. The summed E-state index contributed by atoms with van der Waals surface area (Å²) in [6.07, 6.45) is -58.6. The third-order valence-corrected chi connectivity index (χ3v) is 13.0. The molecule has 0 aromatic carbocycles. The van der Waals surface area contributed by atoms with Crippen LogP contribution in [0.4, 0.5) is 0 Å². The molecule has 70 heavy (non-hydrogen) atoms. The lowest BCUT2D eigenvalue weighted by Gasteiger charge is -2.51. The molecule has 0 aromatic heterocycles. The molecule has 22 rings (SSSR count). The van der Waals surface area contributed by atoms with Gasteiger partial charge >= 0.3 is 0 Å². The second kappa shape index (κ2) is 24.2. The van der Waals surface area contributed by atoms with E-state index in [1.165, 1.54) is 0 Å². The zero-order chi connectivity index (χ0) is 50.9. The van der Waals surface area contributed by atoms with Crippen molar-refractivity contribution in [3.05, 3.63) is 10.4 Å². The molecule has 22 aliphatic heterocycles. The SMILES string of the molecule is [N-]=[N+]=NCO[C@@H]1[C@@H](O)[C@H]2O[C@H]3[C@H](O)[C@@H](O)[C@@H](O[C@H]4[C@H](O)[C@@H](O)[C@@H](O[C@H]5[C@H](O)[C@@H](O)[C@@H](O[C@H]6[C@H](O)[C@@H](O)[C@@H](O[C@H]7[C@H](O)[C@@H](O)[C@@H](O[C@H]1[C@@H](CO)O2)O[C@@H]7CO)O[C@@H]6CO)O[C@@H]5CO)O[C@@H]4CO)O[C@@H]3CO. The molecule has 0 unspecified atom stereocenters. The molecular formula is C37H61N3O30. The van der Waals surface area contributed by atoms with Crippen LogP contribution in [-0.2, 0) is 61.6 Å². The summed E-state index contributed by atoms with van der Waals surface area (Å²) in [5.74, 6) is 0. The number of rotatable bonds is 9. The highest BCUT2D eigenvalue weighted by Crippen LogP contribution is 2.38.